The standard InChI is InChI=1S/C22H23NO5.C22H25NO3.C20H21NO3/c1-27-22(26)15-7-8-17-18(11-15)23(12-19(24)25)21(16-9-10-28-13-16)20(17)14-5-3-2-4-6-14;1-3-23-19-13-16(22(24)25-2)9-10-18(19)20(15-7-5-4-6-8-15)21(23)17-11-12-26-14-17;1-23-20(22)14-7-8-16-17(11-14)21-19(15-9-10-24-12-15)18(16)13-5-3-2-4-6-13/h7-11,13-14H,2-6,12H2,1H3,(H,24,25);9-15H,3-8H2,1-2H3;7-13,21H,2-6H2,1H3. The Labute approximate surface area is 453 Å². The molecule has 3 saturated carbocycles. The zero-order chi connectivity index (χ0) is 54.3. The number of carbonyl (C=O) groups excluding carboxylic acids is 3. The number of aromatic amines is 1. The van der Waals surface area contributed by atoms with Gasteiger partial charge in [-0.05, 0) is 134 Å². The Kier molecular flexibility index (Phi) is 16.5. The lowest BCUT2D eigenvalue weighted by molar-refractivity contribution is -0.137. The van der Waals surface area contributed by atoms with E-state index < -0.39 is 11.9 Å². The van der Waals surface area contributed by atoms with Crippen LogP contribution in [0, 0.1) is 0 Å². The maximum Gasteiger partial charge on any atom is 0.337 e. The monoisotopic (exact) mass is 1060 g/mol. The van der Waals surface area contributed by atoms with Crippen LogP contribution in [0.2, 0.25) is 0 Å². The van der Waals surface area contributed by atoms with E-state index in [1.54, 1.807) is 48.0 Å². The first-order valence-corrected chi connectivity index (χ1v) is 27.6. The van der Waals surface area contributed by atoms with Crippen LogP contribution in [-0.4, -0.2) is 64.4 Å². The Morgan fingerprint density at radius 3 is 1.32 bits per heavy atom. The summed E-state index contributed by atoms with van der Waals surface area (Å²) < 4.78 is 34.7. The third kappa shape index (κ3) is 10.8. The molecule has 9 aromatic rings. The molecule has 3 aromatic carbocycles. The maximum atomic E-state index is 12.0. The van der Waals surface area contributed by atoms with E-state index in [1.807, 2.05) is 60.9 Å². The Bertz CT molecular complexity index is 3520. The summed E-state index contributed by atoms with van der Waals surface area (Å²) >= 11 is 0. The molecule has 78 heavy (non-hydrogen) atoms. The van der Waals surface area contributed by atoms with Crippen molar-refractivity contribution in [1.82, 2.24) is 14.1 Å². The Hall–Kier alpha value is -8.00. The third-order valence-electron chi connectivity index (χ3n) is 16.4. The van der Waals surface area contributed by atoms with Crippen molar-refractivity contribution in [3.63, 3.8) is 0 Å². The highest BCUT2D eigenvalue weighted by Gasteiger charge is 2.30. The summed E-state index contributed by atoms with van der Waals surface area (Å²) in [5, 5.41) is 13.0. The number of fused-ring (bicyclic) bond motifs is 3. The normalized spacial score (nSPS) is 15.4. The van der Waals surface area contributed by atoms with E-state index in [1.165, 1.54) is 132 Å². The maximum absolute atomic E-state index is 12.0. The molecule has 14 heteroatoms. The number of carboxylic acids is 1. The van der Waals surface area contributed by atoms with Crippen LogP contribution in [0.15, 0.2) is 124 Å². The van der Waals surface area contributed by atoms with Crippen LogP contribution in [0.4, 0.5) is 0 Å². The van der Waals surface area contributed by atoms with E-state index in [2.05, 4.69) is 22.5 Å². The van der Waals surface area contributed by atoms with Crippen molar-refractivity contribution in [2.75, 3.05) is 21.3 Å². The number of aryl methyl sites for hydroxylation is 1. The number of esters is 3. The number of ether oxygens (including phenoxy) is 3. The molecule has 12 rings (SSSR count). The van der Waals surface area contributed by atoms with E-state index in [9.17, 15) is 24.3 Å². The van der Waals surface area contributed by atoms with Crippen molar-refractivity contribution in [3.8, 4) is 33.8 Å². The lowest BCUT2D eigenvalue weighted by Gasteiger charge is -2.23. The number of nitrogens with zero attached hydrogens (tertiary/aromatic N) is 2. The topological polar surface area (TPSA) is 181 Å². The van der Waals surface area contributed by atoms with Crippen molar-refractivity contribution in [2.24, 2.45) is 0 Å². The van der Waals surface area contributed by atoms with Crippen LogP contribution in [0.1, 0.15) is 169 Å². The quantitative estimate of drug-likeness (QED) is 0.0877. The second kappa shape index (κ2) is 24.1. The van der Waals surface area contributed by atoms with Crippen LogP contribution in [-0.2, 0) is 32.1 Å². The Balaban J connectivity index is 0.000000133. The first-order valence-electron chi connectivity index (χ1n) is 27.6. The van der Waals surface area contributed by atoms with Gasteiger partial charge in [0.2, 0.25) is 0 Å². The number of methoxy groups -OCH3 is 3. The van der Waals surface area contributed by atoms with Gasteiger partial charge in [-0.25, -0.2) is 14.4 Å². The first-order chi connectivity index (χ1) is 38.1. The summed E-state index contributed by atoms with van der Waals surface area (Å²) in [6.45, 7) is 2.81. The van der Waals surface area contributed by atoms with Gasteiger partial charge in [0.1, 0.15) is 6.54 Å². The number of benzene rings is 3. The van der Waals surface area contributed by atoms with Gasteiger partial charge in [-0.3, -0.25) is 4.79 Å². The number of rotatable bonds is 12. The predicted molar refractivity (Wildman–Crippen MR) is 300 cm³/mol. The van der Waals surface area contributed by atoms with Gasteiger partial charge in [-0.1, -0.05) is 76.0 Å². The number of H-pyrrole nitrogens is 1. The van der Waals surface area contributed by atoms with Crippen LogP contribution in [0.25, 0.3) is 66.5 Å². The number of aliphatic carboxylic acids is 1. The highest BCUT2D eigenvalue weighted by molar-refractivity contribution is 6.01. The minimum absolute atomic E-state index is 0.186. The van der Waals surface area contributed by atoms with Gasteiger partial charge in [-0.15, -0.1) is 0 Å². The van der Waals surface area contributed by atoms with E-state index in [0.717, 1.165) is 75.0 Å². The molecule has 0 atom stereocenters. The fourth-order valence-electron chi connectivity index (χ4n) is 12.8. The average molecular weight is 1060 g/mol. The molecule has 3 aliphatic rings. The van der Waals surface area contributed by atoms with E-state index >= 15 is 0 Å². The van der Waals surface area contributed by atoms with E-state index in [-0.39, 0.29) is 18.5 Å². The zero-order valence-electron chi connectivity index (χ0n) is 45.1. The number of nitrogens with one attached hydrogen (secondary N) is 1. The van der Waals surface area contributed by atoms with Crippen molar-refractivity contribution >= 4 is 56.6 Å². The van der Waals surface area contributed by atoms with Gasteiger partial charge in [0.15, 0.2) is 0 Å². The van der Waals surface area contributed by atoms with E-state index in [4.69, 9.17) is 27.5 Å². The van der Waals surface area contributed by atoms with Crippen molar-refractivity contribution in [3.05, 3.63) is 144 Å². The lowest BCUT2D eigenvalue weighted by atomic mass is 9.82. The number of carbonyl (C=O) groups is 4. The Morgan fingerprint density at radius 2 is 0.910 bits per heavy atom. The summed E-state index contributed by atoms with van der Waals surface area (Å²) in [5.41, 5.74) is 14.6. The highest BCUT2D eigenvalue weighted by atomic mass is 16.5. The fourth-order valence-corrected chi connectivity index (χ4v) is 12.8. The van der Waals surface area contributed by atoms with Crippen LogP contribution < -0.4 is 0 Å². The van der Waals surface area contributed by atoms with Gasteiger partial charge < -0.3 is 46.7 Å². The molecular weight excluding hydrogens is 987 g/mol. The molecule has 14 nitrogen and oxygen atoms in total. The number of hydrogen-bond acceptors (Lipinski definition) is 10. The molecule has 0 saturated heterocycles. The van der Waals surface area contributed by atoms with Gasteiger partial charge in [0.05, 0.1) is 98.2 Å². The molecule has 3 fully saturated rings. The van der Waals surface area contributed by atoms with Crippen LogP contribution in [0.3, 0.4) is 0 Å². The zero-order valence-corrected chi connectivity index (χ0v) is 45.1. The summed E-state index contributed by atoms with van der Waals surface area (Å²) in [6.07, 6.45) is 28.7. The largest absolute Gasteiger partial charge is 0.480 e. The van der Waals surface area contributed by atoms with Crippen molar-refractivity contribution in [1.29, 1.82) is 0 Å². The summed E-state index contributed by atoms with van der Waals surface area (Å²) in [7, 11) is 4.18. The molecule has 6 aromatic heterocycles. The Morgan fingerprint density at radius 1 is 0.513 bits per heavy atom. The highest BCUT2D eigenvalue weighted by Crippen LogP contribution is 2.47. The second-order valence-electron chi connectivity index (χ2n) is 20.9. The summed E-state index contributed by atoms with van der Waals surface area (Å²) in [4.78, 5) is 51.1. The predicted octanol–water partition coefficient (Wildman–Crippen LogP) is 15.8. The van der Waals surface area contributed by atoms with Gasteiger partial charge in [0, 0.05) is 50.4 Å². The SMILES string of the molecule is CCn1c(-c2ccoc2)c(C2CCCCC2)c2ccc(C(=O)OC)cc21.COC(=O)c1ccc2c(C3CCCCC3)c(-c3ccoc3)[nH]c2c1.COC(=O)c1ccc2c(C3CCCCC3)c(-c3ccoc3)n(CC(=O)O)c2c1. The van der Waals surface area contributed by atoms with Crippen LogP contribution >= 0.6 is 0 Å². The molecule has 2 N–H and O–H groups in total. The molecule has 0 aliphatic heterocycles. The molecular formula is C64H69N3O11. The molecule has 3 aliphatic carbocycles. The smallest absolute Gasteiger partial charge is 0.337 e. The molecule has 6 heterocycles. The average Bonchev–Trinajstić information content (AvgIpc) is 4.55. The molecule has 0 radical (unpaired) electrons. The minimum atomic E-state index is -0.930. The number of aromatic nitrogens is 3. The van der Waals surface area contributed by atoms with E-state index in [0.29, 0.717) is 34.4 Å². The second-order valence-corrected chi connectivity index (χ2v) is 20.9. The molecule has 406 valence electrons. The first kappa shape index (κ1) is 53.4. The summed E-state index contributed by atoms with van der Waals surface area (Å²) in [6, 6.07) is 23.0. The fraction of sp³-hybridized carbons (Fsp3) is 0.375. The van der Waals surface area contributed by atoms with Crippen LogP contribution in [0.5, 0.6) is 0 Å². The van der Waals surface area contributed by atoms with Gasteiger partial charge in [0.25, 0.3) is 0 Å². The molecule has 0 unspecified atom stereocenters. The number of hydrogen-bond donors (Lipinski definition) is 2. The number of furan rings is 3. The third-order valence-corrected chi connectivity index (χ3v) is 16.4. The van der Waals surface area contributed by atoms with Gasteiger partial charge in [-0.2, -0.15) is 0 Å². The molecule has 0 spiro atoms. The summed E-state index contributed by atoms with van der Waals surface area (Å²) in [5.74, 6) is -0.487. The van der Waals surface area contributed by atoms with Crippen molar-refractivity contribution < 1.29 is 51.7 Å². The molecule has 0 amide bonds. The number of carboxylic acid groups (broad SMARTS) is 1. The van der Waals surface area contributed by atoms with Gasteiger partial charge >= 0.3 is 23.9 Å². The lowest BCUT2D eigenvalue weighted by Crippen LogP contribution is -2.11. The van der Waals surface area contributed by atoms with Crippen molar-refractivity contribution in [2.45, 2.75) is 134 Å². The molecule has 0 bridgehead atoms. The minimum Gasteiger partial charge on any atom is -0.480 e.